The van der Waals surface area contributed by atoms with Gasteiger partial charge in [-0.3, -0.25) is 10.1 Å². The number of amides is 3. The Kier molecular flexibility index (Phi) is 6.13. The van der Waals surface area contributed by atoms with Crippen LogP contribution in [0.15, 0.2) is 42.0 Å². The third kappa shape index (κ3) is 5.48. The van der Waals surface area contributed by atoms with Gasteiger partial charge in [-0.25, -0.2) is 9.59 Å². The van der Waals surface area contributed by atoms with Gasteiger partial charge in [0.05, 0.1) is 0 Å². The molecule has 0 heterocycles. The van der Waals surface area contributed by atoms with Gasteiger partial charge in [0, 0.05) is 18.7 Å². The Morgan fingerprint density at radius 2 is 1.76 bits per heavy atom. The van der Waals surface area contributed by atoms with Crippen LogP contribution in [0, 0.1) is 0 Å². The van der Waals surface area contributed by atoms with Crippen LogP contribution in [0.25, 0.3) is 0 Å². The maximum absolute atomic E-state index is 12.1. The van der Waals surface area contributed by atoms with Crippen LogP contribution < -0.4 is 10.6 Å². The Morgan fingerprint density at radius 1 is 1.14 bits per heavy atom. The summed E-state index contributed by atoms with van der Waals surface area (Å²) in [5, 5.41) is 4.36. The third-order valence-electron chi connectivity index (χ3n) is 2.44. The second-order valence-corrected chi connectivity index (χ2v) is 4.52. The summed E-state index contributed by atoms with van der Waals surface area (Å²) in [6.07, 6.45) is 0.0925. The molecule has 0 unspecified atom stereocenters. The van der Waals surface area contributed by atoms with E-state index in [4.69, 9.17) is 4.74 Å². The number of allylic oxidation sites excluding steroid dienone is 1. The number of hydrogen-bond donors (Lipinski definition) is 2. The predicted octanol–water partition coefficient (Wildman–Crippen LogP) is 1.69. The highest BCUT2D eigenvalue weighted by molar-refractivity contribution is 5.98. The lowest BCUT2D eigenvalue weighted by atomic mass is 10.1. The van der Waals surface area contributed by atoms with Crippen LogP contribution in [0.5, 0.6) is 0 Å². The molecule has 0 aliphatic rings. The Bertz CT molecular complexity index is 548. The minimum atomic E-state index is -1.19. The molecule has 0 radical (unpaired) electrons. The number of ether oxygens (including phenoxy) is 1. The number of carbonyl (C=O) groups excluding carboxylic acids is 3. The molecule has 1 aromatic rings. The molecule has 1 rings (SSSR count). The summed E-state index contributed by atoms with van der Waals surface area (Å²) in [5.74, 6) is -1.35. The summed E-state index contributed by atoms with van der Waals surface area (Å²) in [6, 6.07) is 7.82. The normalized spacial score (nSPS) is 11.0. The van der Waals surface area contributed by atoms with Gasteiger partial charge in [0.2, 0.25) is 6.10 Å². The van der Waals surface area contributed by atoms with E-state index in [0.29, 0.717) is 5.56 Å². The molecule has 1 aromatic carbocycles. The molecule has 0 saturated heterocycles. The van der Waals surface area contributed by atoms with Crippen LogP contribution in [0.4, 0.5) is 4.79 Å². The largest absolute Gasteiger partial charge is 0.444 e. The Labute approximate surface area is 123 Å². The second kappa shape index (κ2) is 7.84. The van der Waals surface area contributed by atoms with Crippen molar-refractivity contribution in [1.29, 1.82) is 0 Å². The summed E-state index contributed by atoms with van der Waals surface area (Å²) in [7, 11) is 1.38. The zero-order valence-electron chi connectivity index (χ0n) is 12.2. The maximum atomic E-state index is 12.1. The number of esters is 1. The van der Waals surface area contributed by atoms with Crippen LogP contribution >= 0.6 is 0 Å². The fraction of sp³-hybridized carbons (Fsp3) is 0.267. The van der Waals surface area contributed by atoms with Gasteiger partial charge in [-0.15, -0.1) is 0 Å². The van der Waals surface area contributed by atoms with E-state index in [-0.39, 0.29) is 0 Å². The van der Waals surface area contributed by atoms with Gasteiger partial charge >= 0.3 is 12.0 Å². The summed E-state index contributed by atoms with van der Waals surface area (Å²) < 4.78 is 5.15. The molecule has 112 valence electrons. The molecule has 0 aromatic heterocycles. The third-order valence-corrected chi connectivity index (χ3v) is 2.44. The van der Waals surface area contributed by atoms with Gasteiger partial charge in [0.15, 0.2) is 0 Å². The lowest BCUT2D eigenvalue weighted by molar-refractivity contribution is -0.151. The van der Waals surface area contributed by atoms with Crippen LogP contribution in [0.3, 0.4) is 0 Å². The number of hydrogen-bond acceptors (Lipinski definition) is 4. The SMILES string of the molecule is CNC(=O)NC(=O)[C@@H](OC(=O)C=C(C)C)c1ccccc1. The quantitative estimate of drug-likeness (QED) is 0.653. The highest BCUT2D eigenvalue weighted by Crippen LogP contribution is 2.18. The fourth-order valence-corrected chi connectivity index (χ4v) is 1.53. The van der Waals surface area contributed by atoms with Crippen molar-refractivity contribution in [1.82, 2.24) is 10.6 Å². The van der Waals surface area contributed by atoms with E-state index in [1.165, 1.54) is 13.1 Å². The molecular weight excluding hydrogens is 272 g/mol. The van der Waals surface area contributed by atoms with Crippen LogP contribution in [-0.4, -0.2) is 25.0 Å². The molecule has 2 N–H and O–H groups in total. The van der Waals surface area contributed by atoms with Crippen molar-refractivity contribution < 1.29 is 19.1 Å². The van der Waals surface area contributed by atoms with Gasteiger partial charge in [-0.2, -0.15) is 0 Å². The second-order valence-electron chi connectivity index (χ2n) is 4.52. The van der Waals surface area contributed by atoms with Crippen molar-refractivity contribution in [3.8, 4) is 0 Å². The van der Waals surface area contributed by atoms with Gasteiger partial charge in [0.1, 0.15) is 0 Å². The van der Waals surface area contributed by atoms with Gasteiger partial charge in [0.25, 0.3) is 5.91 Å². The molecule has 1 atom stereocenters. The monoisotopic (exact) mass is 290 g/mol. The van der Waals surface area contributed by atoms with Crippen molar-refractivity contribution in [3.05, 3.63) is 47.5 Å². The predicted molar refractivity (Wildman–Crippen MR) is 77.3 cm³/mol. The Morgan fingerprint density at radius 3 is 2.29 bits per heavy atom. The van der Waals surface area contributed by atoms with Gasteiger partial charge in [-0.05, 0) is 13.8 Å². The van der Waals surface area contributed by atoms with Crippen molar-refractivity contribution >= 4 is 17.9 Å². The molecule has 0 spiro atoms. The van der Waals surface area contributed by atoms with E-state index in [1.54, 1.807) is 44.2 Å². The molecule has 0 bridgehead atoms. The molecule has 6 heteroatoms. The number of nitrogens with one attached hydrogen (secondary N) is 2. The minimum Gasteiger partial charge on any atom is -0.444 e. The number of carbonyl (C=O) groups is 3. The molecule has 0 fully saturated rings. The van der Waals surface area contributed by atoms with Crippen LogP contribution in [0.2, 0.25) is 0 Å². The first kappa shape index (κ1) is 16.4. The summed E-state index contributed by atoms with van der Waals surface area (Å²) in [6.45, 7) is 3.48. The van der Waals surface area contributed by atoms with Crippen molar-refractivity contribution in [2.24, 2.45) is 0 Å². The molecule has 6 nitrogen and oxygen atoms in total. The Balaban J connectivity index is 2.95. The summed E-state index contributed by atoms with van der Waals surface area (Å²) in [5.41, 5.74) is 1.23. The van der Waals surface area contributed by atoms with E-state index >= 15 is 0 Å². The highest BCUT2D eigenvalue weighted by Gasteiger charge is 2.25. The Hall–Kier alpha value is -2.63. The first-order chi connectivity index (χ1) is 9.93. The average Bonchev–Trinajstić information content (AvgIpc) is 2.44. The van der Waals surface area contributed by atoms with Crippen LogP contribution in [-0.2, 0) is 14.3 Å². The standard InChI is InChI=1S/C15H18N2O4/c1-10(2)9-12(18)21-13(11-7-5-4-6-8-11)14(19)17-15(20)16-3/h4-9,13H,1-3H3,(H2,16,17,19,20)/t13-/m0/s1. The molecule has 0 aliphatic heterocycles. The summed E-state index contributed by atoms with van der Waals surface area (Å²) in [4.78, 5) is 35.0. The maximum Gasteiger partial charge on any atom is 0.331 e. The zero-order valence-corrected chi connectivity index (χ0v) is 12.2. The fourth-order valence-electron chi connectivity index (χ4n) is 1.53. The van der Waals surface area contributed by atoms with Crippen LogP contribution in [0.1, 0.15) is 25.5 Å². The average molecular weight is 290 g/mol. The topological polar surface area (TPSA) is 84.5 Å². The number of imide groups is 1. The first-order valence-electron chi connectivity index (χ1n) is 6.37. The summed E-state index contributed by atoms with van der Waals surface area (Å²) >= 11 is 0. The van der Waals surface area contributed by atoms with E-state index in [2.05, 4.69) is 10.6 Å². The minimum absolute atomic E-state index is 0.481. The molecule has 0 saturated carbocycles. The van der Waals surface area contributed by atoms with Crippen molar-refractivity contribution in [3.63, 3.8) is 0 Å². The molecular formula is C15H18N2O4. The number of rotatable bonds is 4. The first-order valence-corrected chi connectivity index (χ1v) is 6.37. The zero-order chi connectivity index (χ0) is 15.8. The smallest absolute Gasteiger partial charge is 0.331 e. The van der Waals surface area contributed by atoms with E-state index in [1.807, 2.05) is 0 Å². The van der Waals surface area contributed by atoms with Gasteiger partial charge in [-0.1, -0.05) is 35.9 Å². The number of benzene rings is 1. The van der Waals surface area contributed by atoms with E-state index in [9.17, 15) is 14.4 Å². The van der Waals surface area contributed by atoms with Gasteiger partial charge < -0.3 is 10.1 Å². The number of urea groups is 1. The van der Waals surface area contributed by atoms with E-state index in [0.717, 1.165) is 5.57 Å². The lowest BCUT2D eigenvalue weighted by Gasteiger charge is -2.16. The molecule has 21 heavy (non-hydrogen) atoms. The van der Waals surface area contributed by atoms with Crippen molar-refractivity contribution in [2.75, 3.05) is 7.05 Å². The highest BCUT2D eigenvalue weighted by atomic mass is 16.5. The molecule has 0 aliphatic carbocycles. The van der Waals surface area contributed by atoms with Crippen molar-refractivity contribution in [2.45, 2.75) is 20.0 Å². The van der Waals surface area contributed by atoms with E-state index < -0.39 is 24.0 Å². The molecule has 3 amide bonds. The lowest BCUT2D eigenvalue weighted by Crippen LogP contribution is -2.41.